The summed E-state index contributed by atoms with van der Waals surface area (Å²) in [7, 11) is 0. The molecular weight excluding hydrogens is 210 g/mol. The van der Waals surface area contributed by atoms with E-state index in [9.17, 15) is 0 Å². The SMILES string of the molecule is NC(CCCC1CCCO1)CC1=CCCCC1. The van der Waals surface area contributed by atoms with Crippen molar-refractivity contribution in [3.8, 4) is 0 Å². The lowest BCUT2D eigenvalue weighted by Crippen LogP contribution is -2.21. The molecule has 1 aliphatic carbocycles. The maximum absolute atomic E-state index is 6.21. The van der Waals surface area contributed by atoms with Crippen LogP contribution in [0.3, 0.4) is 0 Å². The van der Waals surface area contributed by atoms with E-state index >= 15 is 0 Å². The summed E-state index contributed by atoms with van der Waals surface area (Å²) in [6.45, 7) is 0.976. The summed E-state index contributed by atoms with van der Waals surface area (Å²) in [4.78, 5) is 0. The molecule has 0 aromatic carbocycles. The van der Waals surface area contributed by atoms with Crippen LogP contribution in [0.2, 0.25) is 0 Å². The fraction of sp³-hybridized carbons (Fsp3) is 0.867. The van der Waals surface area contributed by atoms with Gasteiger partial charge in [-0.25, -0.2) is 0 Å². The molecule has 2 nitrogen and oxygen atoms in total. The van der Waals surface area contributed by atoms with Gasteiger partial charge in [-0.2, -0.15) is 0 Å². The molecule has 17 heavy (non-hydrogen) atoms. The second kappa shape index (κ2) is 7.17. The molecule has 2 heteroatoms. The maximum atomic E-state index is 6.21. The van der Waals surface area contributed by atoms with E-state index in [1.165, 1.54) is 51.4 Å². The largest absolute Gasteiger partial charge is 0.378 e. The molecule has 0 spiro atoms. The Hall–Kier alpha value is -0.340. The molecule has 2 N–H and O–H groups in total. The molecule has 1 fully saturated rings. The summed E-state index contributed by atoms with van der Waals surface area (Å²) in [5.41, 5.74) is 7.82. The summed E-state index contributed by atoms with van der Waals surface area (Å²) in [5, 5.41) is 0. The molecule has 0 amide bonds. The van der Waals surface area contributed by atoms with Gasteiger partial charge in [0.1, 0.15) is 0 Å². The normalized spacial score (nSPS) is 26.9. The first kappa shape index (κ1) is 13.1. The van der Waals surface area contributed by atoms with E-state index in [0.717, 1.165) is 19.4 Å². The number of rotatable bonds is 6. The third-order valence-electron chi connectivity index (χ3n) is 4.03. The molecule has 0 aromatic rings. The predicted octanol–water partition coefficient (Wildman–Crippen LogP) is 3.55. The molecule has 98 valence electrons. The Labute approximate surface area is 106 Å². The number of ether oxygens (including phenoxy) is 1. The molecule has 1 saturated heterocycles. The standard InChI is InChI=1S/C15H27NO/c16-14(12-13-6-2-1-3-7-13)8-4-9-15-10-5-11-17-15/h6,14-15H,1-5,7-12,16H2. The summed E-state index contributed by atoms with van der Waals surface area (Å²) in [6, 6.07) is 0.376. The Kier molecular flexibility index (Phi) is 5.53. The molecule has 1 aliphatic heterocycles. The van der Waals surface area contributed by atoms with E-state index in [0.29, 0.717) is 12.1 Å². The first-order chi connectivity index (χ1) is 8.34. The zero-order chi connectivity index (χ0) is 11.9. The minimum Gasteiger partial charge on any atom is -0.378 e. The van der Waals surface area contributed by atoms with Gasteiger partial charge < -0.3 is 10.5 Å². The number of allylic oxidation sites excluding steroid dienone is 1. The topological polar surface area (TPSA) is 35.2 Å². The first-order valence-corrected chi connectivity index (χ1v) is 7.39. The van der Waals surface area contributed by atoms with Crippen LogP contribution in [0, 0.1) is 0 Å². The second-order valence-electron chi connectivity index (χ2n) is 5.64. The summed E-state index contributed by atoms with van der Waals surface area (Å²) < 4.78 is 5.63. The average Bonchev–Trinajstić information content (AvgIpc) is 2.83. The molecular formula is C15H27NO. The minimum absolute atomic E-state index is 0.376. The van der Waals surface area contributed by atoms with E-state index in [1.807, 2.05) is 0 Å². The minimum atomic E-state index is 0.376. The quantitative estimate of drug-likeness (QED) is 0.717. The zero-order valence-electron chi connectivity index (χ0n) is 11.0. The van der Waals surface area contributed by atoms with Gasteiger partial charge >= 0.3 is 0 Å². The second-order valence-corrected chi connectivity index (χ2v) is 5.64. The molecule has 0 radical (unpaired) electrons. The smallest absolute Gasteiger partial charge is 0.0576 e. The van der Waals surface area contributed by atoms with Crippen LogP contribution in [-0.4, -0.2) is 18.8 Å². The molecule has 2 aliphatic rings. The first-order valence-electron chi connectivity index (χ1n) is 7.39. The Morgan fingerprint density at radius 1 is 1.35 bits per heavy atom. The van der Waals surface area contributed by atoms with Crippen LogP contribution >= 0.6 is 0 Å². The van der Waals surface area contributed by atoms with Gasteiger partial charge in [-0.1, -0.05) is 11.6 Å². The third-order valence-corrected chi connectivity index (χ3v) is 4.03. The van der Waals surface area contributed by atoms with Crippen molar-refractivity contribution in [2.75, 3.05) is 6.61 Å². The zero-order valence-corrected chi connectivity index (χ0v) is 11.0. The van der Waals surface area contributed by atoms with Crippen LogP contribution in [0.1, 0.15) is 64.2 Å². The van der Waals surface area contributed by atoms with Gasteiger partial charge in [-0.3, -0.25) is 0 Å². The highest BCUT2D eigenvalue weighted by Crippen LogP contribution is 2.23. The molecule has 2 unspecified atom stereocenters. The Morgan fingerprint density at radius 3 is 3.00 bits per heavy atom. The Balaban J connectivity index is 1.56. The highest BCUT2D eigenvalue weighted by molar-refractivity contribution is 5.06. The average molecular weight is 237 g/mol. The van der Waals surface area contributed by atoms with E-state index in [-0.39, 0.29) is 0 Å². The predicted molar refractivity (Wildman–Crippen MR) is 72.0 cm³/mol. The maximum Gasteiger partial charge on any atom is 0.0576 e. The summed E-state index contributed by atoms with van der Waals surface area (Å²) >= 11 is 0. The van der Waals surface area contributed by atoms with Crippen LogP contribution in [0.15, 0.2) is 11.6 Å². The lowest BCUT2D eigenvalue weighted by molar-refractivity contribution is 0.101. The van der Waals surface area contributed by atoms with Gasteiger partial charge in [-0.15, -0.1) is 0 Å². The van der Waals surface area contributed by atoms with Crippen LogP contribution in [0.5, 0.6) is 0 Å². The fourth-order valence-electron chi connectivity index (χ4n) is 3.01. The van der Waals surface area contributed by atoms with Gasteiger partial charge in [0.05, 0.1) is 6.10 Å². The summed E-state index contributed by atoms with van der Waals surface area (Å²) in [5.74, 6) is 0. The molecule has 2 rings (SSSR count). The Morgan fingerprint density at radius 2 is 2.29 bits per heavy atom. The monoisotopic (exact) mass is 237 g/mol. The van der Waals surface area contributed by atoms with Gasteiger partial charge in [-0.05, 0) is 64.2 Å². The molecule has 0 saturated carbocycles. The van der Waals surface area contributed by atoms with Crippen molar-refractivity contribution in [2.45, 2.75) is 76.4 Å². The van der Waals surface area contributed by atoms with Crippen molar-refractivity contribution in [1.82, 2.24) is 0 Å². The van der Waals surface area contributed by atoms with Crippen molar-refractivity contribution in [1.29, 1.82) is 0 Å². The van der Waals surface area contributed by atoms with Crippen molar-refractivity contribution in [2.24, 2.45) is 5.73 Å². The Bertz CT molecular complexity index is 243. The lowest BCUT2D eigenvalue weighted by Gasteiger charge is -2.18. The number of hydrogen-bond donors (Lipinski definition) is 1. The molecule has 0 aromatic heterocycles. The molecule has 0 bridgehead atoms. The number of nitrogens with two attached hydrogens (primary N) is 1. The van der Waals surface area contributed by atoms with Crippen molar-refractivity contribution >= 4 is 0 Å². The van der Waals surface area contributed by atoms with Crippen molar-refractivity contribution < 1.29 is 4.74 Å². The third kappa shape index (κ3) is 4.81. The summed E-state index contributed by atoms with van der Waals surface area (Å²) in [6.07, 6.45) is 15.5. The van der Waals surface area contributed by atoms with Gasteiger partial charge in [0, 0.05) is 12.6 Å². The van der Waals surface area contributed by atoms with Crippen LogP contribution < -0.4 is 5.73 Å². The molecule has 1 heterocycles. The van der Waals surface area contributed by atoms with E-state index in [1.54, 1.807) is 5.57 Å². The van der Waals surface area contributed by atoms with Crippen molar-refractivity contribution in [3.05, 3.63) is 11.6 Å². The highest BCUT2D eigenvalue weighted by atomic mass is 16.5. The highest BCUT2D eigenvalue weighted by Gasteiger charge is 2.15. The van der Waals surface area contributed by atoms with E-state index < -0.39 is 0 Å². The van der Waals surface area contributed by atoms with Crippen molar-refractivity contribution in [3.63, 3.8) is 0 Å². The fourth-order valence-corrected chi connectivity index (χ4v) is 3.01. The lowest BCUT2D eigenvalue weighted by atomic mass is 9.92. The number of hydrogen-bond acceptors (Lipinski definition) is 2. The van der Waals surface area contributed by atoms with E-state index in [2.05, 4.69) is 6.08 Å². The van der Waals surface area contributed by atoms with Crippen LogP contribution in [-0.2, 0) is 4.74 Å². The van der Waals surface area contributed by atoms with Crippen LogP contribution in [0.4, 0.5) is 0 Å². The molecule has 2 atom stereocenters. The van der Waals surface area contributed by atoms with E-state index in [4.69, 9.17) is 10.5 Å². The van der Waals surface area contributed by atoms with Crippen LogP contribution in [0.25, 0.3) is 0 Å². The van der Waals surface area contributed by atoms with Gasteiger partial charge in [0.2, 0.25) is 0 Å². The van der Waals surface area contributed by atoms with Gasteiger partial charge in [0.25, 0.3) is 0 Å². The van der Waals surface area contributed by atoms with Gasteiger partial charge in [0.15, 0.2) is 0 Å².